The number of aromatic nitrogens is 3. The third-order valence-corrected chi connectivity index (χ3v) is 7.17. The lowest BCUT2D eigenvalue weighted by atomic mass is 9.93. The molecular formula is C31H31N5O. The van der Waals surface area contributed by atoms with Gasteiger partial charge in [0.05, 0.1) is 57.5 Å². The Morgan fingerprint density at radius 1 is 0.919 bits per heavy atom. The smallest absolute Gasteiger partial charge is 0.0900 e. The van der Waals surface area contributed by atoms with Gasteiger partial charge in [-0.3, -0.25) is 9.98 Å². The number of para-hydroxylation sites is 2. The SMILES string of the molecule is Cc1ccc(-n2c3cc(=NC4CCC(O)CC4)c(Nc4ccc(C)nc4)cc-3nc3ccccc32)cc1. The predicted molar refractivity (Wildman–Crippen MR) is 149 cm³/mol. The van der Waals surface area contributed by atoms with Crippen molar-refractivity contribution in [3.63, 3.8) is 0 Å². The second-order valence-electron chi connectivity index (χ2n) is 10.0. The number of anilines is 2. The molecule has 0 unspecified atom stereocenters. The maximum atomic E-state index is 10.0. The van der Waals surface area contributed by atoms with E-state index in [1.807, 2.05) is 31.3 Å². The highest BCUT2D eigenvalue weighted by atomic mass is 16.3. The van der Waals surface area contributed by atoms with Crippen LogP contribution in [-0.2, 0) is 0 Å². The van der Waals surface area contributed by atoms with Gasteiger partial charge in [-0.25, -0.2) is 4.98 Å². The van der Waals surface area contributed by atoms with Gasteiger partial charge in [-0.15, -0.1) is 0 Å². The van der Waals surface area contributed by atoms with Gasteiger partial charge in [-0.2, -0.15) is 0 Å². The van der Waals surface area contributed by atoms with Crippen molar-refractivity contribution in [1.82, 2.24) is 14.5 Å². The Kier molecular flexibility index (Phi) is 6.18. The monoisotopic (exact) mass is 489 g/mol. The quantitative estimate of drug-likeness (QED) is 0.300. The van der Waals surface area contributed by atoms with Gasteiger partial charge in [0, 0.05) is 11.4 Å². The molecule has 0 bridgehead atoms. The zero-order valence-electron chi connectivity index (χ0n) is 21.2. The molecule has 6 nitrogen and oxygen atoms in total. The molecule has 2 aromatic carbocycles. The fourth-order valence-corrected chi connectivity index (χ4v) is 5.10. The Balaban J connectivity index is 1.59. The molecule has 0 saturated heterocycles. The van der Waals surface area contributed by atoms with Gasteiger partial charge >= 0.3 is 0 Å². The lowest BCUT2D eigenvalue weighted by Gasteiger charge is -2.23. The molecule has 186 valence electrons. The maximum absolute atomic E-state index is 10.0. The zero-order chi connectivity index (χ0) is 25.4. The molecule has 0 radical (unpaired) electrons. The first-order valence-electron chi connectivity index (χ1n) is 13.0. The molecule has 2 N–H and O–H groups in total. The van der Waals surface area contributed by atoms with Gasteiger partial charge in [0.1, 0.15) is 0 Å². The van der Waals surface area contributed by atoms with Crippen LogP contribution in [0.1, 0.15) is 36.9 Å². The van der Waals surface area contributed by atoms with E-state index in [1.54, 1.807) is 0 Å². The standard InChI is InChI=1S/C31H31N5O/c1-20-7-13-24(14-8-20)36-30-6-4-3-5-26(30)35-29-17-27(34-23-10-9-21(2)32-19-23)28(18-31(29)36)33-22-11-15-25(37)16-12-22/h3-10,13-14,17-19,22,25,34,37H,11-12,15-16H2,1-2H3. The Hall–Kier alpha value is -4.03. The van der Waals surface area contributed by atoms with Gasteiger partial charge in [0.15, 0.2) is 0 Å². The van der Waals surface area contributed by atoms with E-state index >= 15 is 0 Å². The molecule has 1 fully saturated rings. The minimum absolute atomic E-state index is 0.179. The number of benzene rings is 3. The van der Waals surface area contributed by atoms with Crippen LogP contribution in [0.15, 0.2) is 84.0 Å². The van der Waals surface area contributed by atoms with Gasteiger partial charge in [-0.1, -0.05) is 29.8 Å². The van der Waals surface area contributed by atoms with Crippen LogP contribution < -0.4 is 10.7 Å². The van der Waals surface area contributed by atoms with E-state index in [0.717, 1.165) is 76.2 Å². The molecule has 3 aromatic rings. The Morgan fingerprint density at radius 2 is 1.70 bits per heavy atom. The largest absolute Gasteiger partial charge is 0.393 e. The van der Waals surface area contributed by atoms with Gasteiger partial charge in [-0.05, 0) is 88.1 Å². The fourth-order valence-electron chi connectivity index (χ4n) is 5.10. The van der Waals surface area contributed by atoms with Crippen LogP contribution in [-0.4, -0.2) is 31.8 Å². The summed E-state index contributed by atoms with van der Waals surface area (Å²) in [6.07, 6.45) is 5.00. The second-order valence-corrected chi connectivity index (χ2v) is 10.0. The Labute approximate surface area is 216 Å². The van der Waals surface area contributed by atoms with Gasteiger partial charge < -0.3 is 15.0 Å². The summed E-state index contributed by atoms with van der Waals surface area (Å²) in [5.41, 5.74) is 8.98. The van der Waals surface area contributed by atoms with Crippen LogP contribution in [0.2, 0.25) is 0 Å². The first kappa shape index (κ1) is 23.4. The summed E-state index contributed by atoms with van der Waals surface area (Å²) in [5.74, 6) is 0. The molecule has 37 heavy (non-hydrogen) atoms. The Morgan fingerprint density at radius 3 is 2.46 bits per heavy atom. The topological polar surface area (TPSA) is 75.3 Å². The number of nitrogens with one attached hydrogen (secondary N) is 1. The van der Waals surface area contributed by atoms with Crippen molar-refractivity contribution in [1.29, 1.82) is 0 Å². The molecule has 0 spiro atoms. The number of aryl methyl sites for hydroxylation is 2. The van der Waals surface area contributed by atoms with Crippen molar-refractivity contribution in [2.24, 2.45) is 4.99 Å². The molecule has 0 atom stereocenters. The van der Waals surface area contributed by atoms with Crippen molar-refractivity contribution in [2.75, 3.05) is 5.32 Å². The van der Waals surface area contributed by atoms with Crippen LogP contribution in [0.5, 0.6) is 0 Å². The molecule has 2 aliphatic carbocycles. The normalized spacial score (nSPS) is 18.4. The number of aliphatic hydroxyl groups is 1. The average Bonchev–Trinajstić information content (AvgIpc) is 2.91. The fraction of sp³-hybridized carbons (Fsp3) is 0.258. The predicted octanol–water partition coefficient (Wildman–Crippen LogP) is 6.09. The third kappa shape index (κ3) is 4.85. The molecule has 1 aromatic heterocycles. The second kappa shape index (κ2) is 9.79. The van der Waals surface area contributed by atoms with Crippen molar-refractivity contribution in [2.45, 2.75) is 51.7 Å². The zero-order valence-corrected chi connectivity index (χ0v) is 21.2. The van der Waals surface area contributed by atoms with Crippen molar-refractivity contribution in [3.8, 4) is 17.1 Å². The van der Waals surface area contributed by atoms with E-state index in [2.05, 4.69) is 76.4 Å². The Bertz CT molecular complexity index is 1580. The molecule has 3 aliphatic rings. The van der Waals surface area contributed by atoms with E-state index in [1.165, 1.54) is 5.56 Å². The lowest BCUT2D eigenvalue weighted by Crippen LogP contribution is -2.24. The minimum Gasteiger partial charge on any atom is -0.393 e. The molecule has 0 amide bonds. The highest BCUT2D eigenvalue weighted by Gasteiger charge is 2.20. The van der Waals surface area contributed by atoms with Crippen LogP contribution in [0.25, 0.3) is 28.1 Å². The number of fused-ring (bicyclic) bond motifs is 2. The number of aliphatic hydroxyl groups excluding tert-OH is 1. The van der Waals surface area contributed by atoms with E-state index in [-0.39, 0.29) is 12.1 Å². The summed E-state index contributed by atoms with van der Waals surface area (Å²) < 4.78 is 2.28. The van der Waals surface area contributed by atoms with E-state index in [9.17, 15) is 5.11 Å². The summed E-state index contributed by atoms with van der Waals surface area (Å²) >= 11 is 0. The summed E-state index contributed by atoms with van der Waals surface area (Å²) in [6, 6.07) is 25.3. The maximum Gasteiger partial charge on any atom is 0.0900 e. The van der Waals surface area contributed by atoms with Gasteiger partial charge in [0.2, 0.25) is 0 Å². The van der Waals surface area contributed by atoms with Crippen molar-refractivity contribution >= 4 is 22.4 Å². The number of hydrogen-bond donors (Lipinski definition) is 2. The highest BCUT2D eigenvalue weighted by molar-refractivity contribution is 5.84. The molecule has 6 rings (SSSR count). The van der Waals surface area contributed by atoms with Crippen molar-refractivity contribution in [3.05, 3.63) is 95.6 Å². The third-order valence-electron chi connectivity index (χ3n) is 7.17. The summed E-state index contributed by atoms with van der Waals surface area (Å²) in [5, 5.41) is 14.5. The molecule has 2 heterocycles. The summed E-state index contributed by atoms with van der Waals surface area (Å²) in [6.45, 7) is 4.09. The minimum atomic E-state index is -0.210. The summed E-state index contributed by atoms with van der Waals surface area (Å²) in [4.78, 5) is 14.7. The highest BCUT2D eigenvalue weighted by Crippen LogP contribution is 2.31. The first-order valence-corrected chi connectivity index (χ1v) is 13.0. The summed E-state index contributed by atoms with van der Waals surface area (Å²) in [7, 11) is 0. The van der Waals surface area contributed by atoms with Crippen LogP contribution in [0, 0.1) is 13.8 Å². The van der Waals surface area contributed by atoms with E-state index in [0.29, 0.717) is 0 Å². The molecule has 1 saturated carbocycles. The first-order chi connectivity index (χ1) is 18.0. The van der Waals surface area contributed by atoms with Gasteiger partial charge in [0.25, 0.3) is 0 Å². The number of pyridine rings is 1. The van der Waals surface area contributed by atoms with Crippen molar-refractivity contribution < 1.29 is 5.11 Å². The molecule has 1 aliphatic heterocycles. The van der Waals surface area contributed by atoms with Crippen LogP contribution in [0.4, 0.5) is 11.4 Å². The van der Waals surface area contributed by atoms with Crippen LogP contribution in [0.3, 0.4) is 0 Å². The van der Waals surface area contributed by atoms with Crippen LogP contribution >= 0.6 is 0 Å². The van der Waals surface area contributed by atoms with E-state index in [4.69, 9.17) is 9.98 Å². The average molecular weight is 490 g/mol. The van der Waals surface area contributed by atoms with E-state index < -0.39 is 0 Å². The molecular weight excluding hydrogens is 458 g/mol. The molecule has 6 heteroatoms. The number of rotatable bonds is 4. The number of nitrogens with zero attached hydrogens (tertiary/aromatic N) is 4. The lowest BCUT2D eigenvalue weighted by molar-refractivity contribution is 0.123. The number of hydrogen-bond acceptors (Lipinski definition) is 5.